The van der Waals surface area contributed by atoms with Crippen molar-refractivity contribution >= 4 is 28.9 Å². The number of para-hydroxylation sites is 1. The van der Waals surface area contributed by atoms with E-state index in [1.165, 1.54) is 12.4 Å². The van der Waals surface area contributed by atoms with E-state index in [-0.39, 0.29) is 6.01 Å². The van der Waals surface area contributed by atoms with Gasteiger partial charge in [-0.3, -0.25) is 4.79 Å². The van der Waals surface area contributed by atoms with Gasteiger partial charge in [-0.15, -0.1) is 0 Å². The van der Waals surface area contributed by atoms with Gasteiger partial charge in [0.05, 0.1) is 9.13 Å². The average molecular weight is 326 g/mol. The summed E-state index contributed by atoms with van der Waals surface area (Å²) >= 11 is 2.16. The van der Waals surface area contributed by atoms with Gasteiger partial charge in [0.25, 0.3) is 0 Å². The van der Waals surface area contributed by atoms with Crippen molar-refractivity contribution in [2.75, 3.05) is 0 Å². The van der Waals surface area contributed by atoms with Crippen molar-refractivity contribution in [1.82, 2.24) is 9.97 Å². The Balaban J connectivity index is 2.21. The number of carbonyl (C=O) groups is 1. The second kappa shape index (κ2) is 5.02. The summed E-state index contributed by atoms with van der Waals surface area (Å²) < 4.78 is 6.44. The molecule has 0 fully saturated rings. The fraction of sp³-hybridized carbons (Fsp3) is 0. The van der Waals surface area contributed by atoms with Crippen LogP contribution in [0.5, 0.6) is 11.8 Å². The van der Waals surface area contributed by atoms with Gasteiger partial charge in [0.1, 0.15) is 5.75 Å². The van der Waals surface area contributed by atoms with E-state index in [1.807, 2.05) is 24.3 Å². The van der Waals surface area contributed by atoms with Gasteiger partial charge in [-0.25, -0.2) is 9.97 Å². The Bertz CT molecular complexity index is 500. The molecule has 0 bridgehead atoms. The third-order valence-corrected chi connectivity index (χ3v) is 2.71. The second-order valence-electron chi connectivity index (χ2n) is 2.95. The number of benzene rings is 1. The Labute approximate surface area is 106 Å². The van der Waals surface area contributed by atoms with Crippen LogP contribution in [0.3, 0.4) is 0 Å². The second-order valence-corrected chi connectivity index (χ2v) is 4.11. The maximum atomic E-state index is 10.4. The number of rotatable bonds is 3. The summed E-state index contributed by atoms with van der Waals surface area (Å²) in [5, 5.41) is 0. The van der Waals surface area contributed by atoms with Gasteiger partial charge >= 0.3 is 6.01 Å². The number of hydrogen-bond acceptors (Lipinski definition) is 4. The Hall–Kier alpha value is -1.50. The predicted octanol–water partition coefficient (Wildman–Crippen LogP) is 2.69. The molecular weight excluding hydrogens is 319 g/mol. The monoisotopic (exact) mass is 326 g/mol. The van der Waals surface area contributed by atoms with E-state index < -0.39 is 0 Å². The van der Waals surface area contributed by atoms with Crippen LogP contribution < -0.4 is 4.74 Å². The maximum absolute atomic E-state index is 10.4. The summed E-state index contributed by atoms with van der Waals surface area (Å²) in [4.78, 5) is 18.2. The number of nitrogens with zero attached hydrogens (tertiary/aromatic N) is 2. The van der Waals surface area contributed by atoms with E-state index in [4.69, 9.17) is 4.74 Å². The highest BCUT2D eigenvalue weighted by molar-refractivity contribution is 14.1. The van der Waals surface area contributed by atoms with Crippen LogP contribution in [0.15, 0.2) is 36.7 Å². The lowest BCUT2D eigenvalue weighted by molar-refractivity contribution is 0.112. The summed E-state index contributed by atoms with van der Waals surface area (Å²) in [5.74, 6) is 0.696. The van der Waals surface area contributed by atoms with Crippen molar-refractivity contribution in [3.05, 3.63) is 45.8 Å². The van der Waals surface area contributed by atoms with E-state index >= 15 is 0 Å². The van der Waals surface area contributed by atoms with Crippen LogP contribution in [0.4, 0.5) is 0 Å². The molecule has 2 aromatic rings. The van der Waals surface area contributed by atoms with Crippen LogP contribution in [0.25, 0.3) is 0 Å². The fourth-order valence-corrected chi connectivity index (χ4v) is 1.56. The van der Waals surface area contributed by atoms with Gasteiger partial charge in [-0.2, -0.15) is 0 Å². The van der Waals surface area contributed by atoms with Crippen LogP contribution in [-0.2, 0) is 0 Å². The summed E-state index contributed by atoms with van der Waals surface area (Å²) in [5.41, 5.74) is 0.426. The number of aldehydes is 1. The van der Waals surface area contributed by atoms with Gasteiger partial charge < -0.3 is 4.74 Å². The molecule has 2 rings (SSSR count). The zero-order chi connectivity index (χ0) is 11.4. The number of hydrogen-bond donors (Lipinski definition) is 0. The first-order chi connectivity index (χ1) is 7.79. The number of ether oxygens (including phenoxy) is 1. The van der Waals surface area contributed by atoms with E-state index in [0.29, 0.717) is 17.6 Å². The lowest BCUT2D eigenvalue weighted by Gasteiger charge is -2.04. The van der Waals surface area contributed by atoms with Gasteiger partial charge in [0.15, 0.2) is 6.29 Å². The molecule has 0 spiro atoms. The van der Waals surface area contributed by atoms with E-state index in [1.54, 1.807) is 0 Å². The van der Waals surface area contributed by atoms with Crippen molar-refractivity contribution < 1.29 is 9.53 Å². The Morgan fingerprint density at radius 3 is 2.50 bits per heavy atom. The third kappa shape index (κ3) is 2.54. The normalized spacial score (nSPS) is 9.81. The lowest BCUT2D eigenvalue weighted by Crippen LogP contribution is -1.94. The van der Waals surface area contributed by atoms with E-state index in [0.717, 1.165) is 3.57 Å². The highest BCUT2D eigenvalue weighted by Gasteiger charge is 2.03. The van der Waals surface area contributed by atoms with Gasteiger partial charge in [0.2, 0.25) is 0 Å². The molecular formula is C11H7IN2O2. The molecule has 5 heteroatoms. The molecule has 1 heterocycles. The summed E-state index contributed by atoms with van der Waals surface area (Å²) in [6.07, 6.45) is 3.53. The molecule has 0 N–H and O–H groups in total. The molecule has 1 aromatic heterocycles. The molecule has 0 unspecified atom stereocenters. The van der Waals surface area contributed by atoms with Gasteiger partial charge in [-0.05, 0) is 34.7 Å². The van der Waals surface area contributed by atoms with Gasteiger partial charge in [0, 0.05) is 12.4 Å². The highest BCUT2D eigenvalue weighted by Crippen LogP contribution is 2.23. The lowest BCUT2D eigenvalue weighted by atomic mass is 10.3. The molecule has 0 amide bonds. The molecule has 0 aliphatic heterocycles. The SMILES string of the molecule is O=Cc1cnc(Oc2ccccc2I)nc1. The maximum Gasteiger partial charge on any atom is 0.321 e. The molecule has 0 saturated carbocycles. The molecule has 80 valence electrons. The van der Waals surface area contributed by atoms with Gasteiger partial charge in [-0.1, -0.05) is 12.1 Å². The van der Waals surface area contributed by atoms with Crippen LogP contribution in [0.1, 0.15) is 10.4 Å². The first-order valence-electron chi connectivity index (χ1n) is 4.49. The fourth-order valence-electron chi connectivity index (χ4n) is 1.07. The van der Waals surface area contributed by atoms with Crippen molar-refractivity contribution in [2.24, 2.45) is 0 Å². The number of halogens is 1. The van der Waals surface area contributed by atoms with Crippen LogP contribution in [0, 0.1) is 3.57 Å². The van der Waals surface area contributed by atoms with Crippen molar-refractivity contribution in [2.45, 2.75) is 0 Å². The minimum Gasteiger partial charge on any atom is -0.423 e. The standard InChI is InChI=1S/C11H7IN2O2/c12-9-3-1-2-4-10(9)16-11-13-5-8(7-15)6-14-11/h1-7H. The minimum absolute atomic E-state index is 0.231. The molecule has 0 saturated heterocycles. The van der Waals surface area contributed by atoms with Crippen LogP contribution in [0.2, 0.25) is 0 Å². The van der Waals surface area contributed by atoms with Crippen LogP contribution in [-0.4, -0.2) is 16.3 Å². The number of carbonyl (C=O) groups excluding carboxylic acids is 1. The molecule has 0 radical (unpaired) electrons. The topological polar surface area (TPSA) is 52.1 Å². The average Bonchev–Trinajstić information content (AvgIpc) is 2.33. The summed E-state index contributed by atoms with van der Waals surface area (Å²) in [6.45, 7) is 0. The Morgan fingerprint density at radius 1 is 1.19 bits per heavy atom. The van der Waals surface area contributed by atoms with Crippen molar-refractivity contribution in [1.29, 1.82) is 0 Å². The minimum atomic E-state index is 0.231. The number of aromatic nitrogens is 2. The summed E-state index contributed by atoms with van der Waals surface area (Å²) in [6, 6.07) is 7.78. The zero-order valence-electron chi connectivity index (χ0n) is 8.13. The molecule has 1 aromatic carbocycles. The van der Waals surface area contributed by atoms with Crippen LogP contribution >= 0.6 is 22.6 Å². The molecule has 16 heavy (non-hydrogen) atoms. The van der Waals surface area contributed by atoms with E-state index in [9.17, 15) is 4.79 Å². The van der Waals surface area contributed by atoms with Crippen molar-refractivity contribution in [3.63, 3.8) is 0 Å². The highest BCUT2D eigenvalue weighted by atomic mass is 127. The Kier molecular flexibility index (Phi) is 3.45. The Morgan fingerprint density at radius 2 is 1.88 bits per heavy atom. The predicted molar refractivity (Wildman–Crippen MR) is 66.7 cm³/mol. The smallest absolute Gasteiger partial charge is 0.321 e. The quantitative estimate of drug-likeness (QED) is 0.643. The first kappa shape index (κ1) is 11.0. The molecule has 0 aliphatic rings. The molecule has 4 nitrogen and oxygen atoms in total. The zero-order valence-corrected chi connectivity index (χ0v) is 10.3. The van der Waals surface area contributed by atoms with Crippen molar-refractivity contribution in [3.8, 4) is 11.8 Å². The molecule has 0 aliphatic carbocycles. The molecule has 0 atom stereocenters. The first-order valence-corrected chi connectivity index (χ1v) is 5.57. The van der Waals surface area contributed by atoms with E-state index in [2.05, 4.69) is 32.6 Å². The largest absolute Gasteiger partial charge is 0.423 e. The summed E-state index contributed by atoms with van der Waals surface area (Å²) in [7, 11) is 0. The third-order valence-electron chi connectivity index (χ3n) is 1.82.